The van der Waals surface area contributed by atoms with Gasteiger partial charge in [0.2, 0.25) is 0 Å². The first kappa shape index (κ1) is 5.80. The first-order valence-corrected chi connectivity index (χ1v) is 3.91. The van der Waals surface area contributed by atoms with Crippen molar-refractivity contribution in [3.05, 3.63) is 23.5 Å². The van der Waals surface area contributed by atoms with Crippen LogP contribution >= 0.6 is 11.3 Å². The van der Waals surface area contributed by atoms with E-state index >= 15 is 0 Å². The van der Waals surface area contributed by atoms with Gasteiger partial charge in [0.1, 0.15) is 11.2 Å². The van der Waals surface area contributed by atoms with Crippen LogP contribution < -0.4 is 0 Å². The topological polar surface area (TPSA) is 25.8 Å². The van der Waals surface area contributed by atoms with Crippen LogP contribution in [0.3, 0.4) is 0 Å². The summed E-state index contributed by atoms with van der Waals surface area (Å²) in [4.78, 5) is 9.26. The Hall–Kier alpha value is -0.960. The average molecular weight is 150 g/mol. The molecule has 0 fully saturated rings. The summed E-state index contributed by atoms with van der Waals surface area (Å²) in [5.41, 5.74) is 1.06. The number of aryl methyl sites for hydroxylation is 1. The van der Waals surface area contributed by atoms with Crippen LogP contribution in [0, 0.1) is 6.92 Å². The summed E-state index contributed by atoms with van der Waals surface area (Å²) in [5.74, 6) is 0. The summed E-state index contributed by atoms with van der Waals surface area (Å²) >= 11 is 1.65. The van der Waals surface area contributed by atoms with Crippen molar-refractivity contribution in [3.8, 4) is 0 Å². The van der Waals surface area contributed by atoms with Gasteiger partial charge < -0.3 is 0 Å². The third-order valence-electron chi connectivity index (χ3n) is 1.46. The van der Waals surface area contributed by atoms with E-state index in [2.05, 4.69) is 16.0 Å². The molecule has 0 saturated heterocycles. The van der Waals surface area contributed by atoms with Gasteiger partial charge in [-0.05, 0) is 18.4 Å². The van der Waals surface area contributed by atoms with Crippen molar-refractivity contribution in [2.75, 3.05) is 0 Å². The summed E-state index contributed by atoms with van der Waals surface area (Å²) in [6.45, 7) is 2.00. The van der Waals surface area contributed by atoms with E-state index in [1.807, 2.05) is 12.3 Å². The zero-order chi connectivity index (χ0) is 6.97. The number of thiophene rings is 1. The minimum absolute atomic E-state index is 1.06. The summed E-state index contributed by atoms with van der Waals surface area (Å²) in [6, 6.07) is 2.05. The maximum atomic E-state index is 4.11. The minimum atomic E-state index is 1.06. The molecule has 0 N–H and O–H groups in total. The van der Waals surface area contributed by atoms with Crippen LogP contribution in [0.2, 0.25) is 0 Å². The van der Waals surface area contributed by atoms with Crippen LogP contribution in [0.25, 0.3) is 10.2 Å². The molecule has 2 aromatic heterocycles. The molecule has 0 aliphatic rings. The van der Waals surface area contributed by atoms with Crippen molar-refractivity contribution in [2.45, 2.75) is 6.92 Å². The average Bonchev–Trinajstić information content (AvgIpc) is 2.36. The van der Waals surface area contributed by atoms with E-state index in [1.165, 1.54) is 5.39 Å². The molecule has 2 aromatic rings. The molecular weight excluding hydrogens is 144 g/mol. The highest BCUT2D eigenvalue weighted by molar-refractivity contribution is 7.16. The van der Waals surface area contributed by atoms with Crippen LogP contribution in [-0.2, 0) is 0 Å². The second-order valence-electron chi connectivity index (χ2n) is 2.10. The normalized spacial score (nSPS) is 10.5. The van der Waals surface area contributed by atoms with Crippen molar-refractivity contribution in [1.82, 2.24) is 9.97 Å². The van der Waals surface area contributed by atoms with Crippen molar-refractivity contribution >= 4 is 21.6 Å². The zero-order valence-electron chi connectivity index (χ0n) is 5.53. The fourth-order valence-corrected chi connectivity index (χ4v) is 1.70. The molecule has 0 atom stereocenters. The molecule has 0 aromatic carbocycles. The first-order chi connectivity index (χ1) is 4.88. The van der Waals surface area contributed by atoms with Gasteiger partial charge in [-0.2, -0.15) is 0 Å². The summed E-state index contributed by atoms with van der Waals surface area (Å²) in [7, 11) is 0. The molecule has 0 amide bonds. The van der Waals surface area contributed by atoms with E-state index in [1.54, 1.807) is 17.7 Å². The SMILES string of the molecule is Cc1ncnc2sccc12. The van der Waals surface area contributed by atoms with E-state index in [0.717, 1.165) is 10.5 Å². The van der Waals surface area contributed by atoms with Crippen LogP contribution in [-0.4, -0.2) is 9.97 Å². The summed E-state index contributed by atoms with van der Waals surface area (Å²) in [6.07, 6.45) is 1.61. The van der Waals surface area contributed by atoms with E-state index in [9.17, 15) is 0 Å². The van der Waals surface area contributed by atoms with Gasteiger partial charge in [0, 0.05) is 11.1 Å². The van der Waals surface area contributed by atoms with Crippen LogP contribution in [0.15, 0.2) is 17.8 Å². The van der Waals surface area contributed by atoms with Gasteiger partial charge in [0.05, 0.1) is 0 Å². The molecule has 3 heteroatoms. The lowest BCUT2D eigenvalue weighted by Gasteiger charge is -1.89. The second kappa shape index (κ2) is 2.02. The number of rotatable bonds is 0. The molecule has 2 heterocycles. The predicted octanol–water partition coefficient (Wildman–Crippen LogP) is 2.00. The Bertz CT molecular complexity index is 353. The number of hydrogen-bond donors (Lipinski definition) is 0. The van der Waals surface area contributed by atoms with Crippen molar-refractivity contribution < 1.29 is 0 Å². The molecule has 0 saturated carbocycles. The first-order valence-electron chi connectivity index (χ1n) is 3.03. The molecule has 0 bridgehead atoms. The van der Waals surface area contributed by atoms with Crippen molar-refractivity contribution in [3.63, 3.8) is 0 Å². The molecule has 10 heavy (non-hydrogen) atoms. The van der Waals surface area contributed by atoms with Gasteiger partial charge in [-0.1, -0.05) is 0 Å². The highest BCUT2D eigenvalue weighted by Gasteiger charge is 1.97. The Kier molecular flexibility index (Phi) is 1.17. The van der Waals surface area contributed by atoms with Gasteiger partial charge in [0.25, 0.3) is 0 Å². The Labute approximate surface area is 62.6 Å². The maximum Gasteiger partial charge on any atom is 0.126 e. The second-order valence-corrected chi connectivity index (χ2v) is 2.99. The van der Waals surface area contributed by atoms with E-state index in [0.29, 0.717) is 0 Å². The van der Waals surface area contributed by atoms with Crippen molar-refractivity contribution in [1.29, 1.82) is 0 Å². The van der Waals surface area contributed by atoms with Gasteiger partial charge in [-0.25, -0.2) is 9.97 Å². The monoisotopic (exact) mass is 150 g/mol. The molecule has 2 nitrogen and oxygen atoms in total. The van der Waals surface area contributed by atoms with Crippen molar-refractivity contribution in [2.24, 2.45) is 0 Å². The Morgan fingerprint density at radius 1 is 1.40 bits per heavy atom. The predicted molar refractivity (Wildman–Crippen MR) is 42.2 cm³/mol. The molecule has 2 rings (SSSR count). The van der Waals surface area contributed by atoms with Crippen LogP contribution in [0.4, 0.5) is 0 Å². The Morgan fingerprint density at radius 2 is 2.30 bits per heavy atom. The maximum absolute atomic E-state index is 4.11. The molecule has 0 aliphatic carbocycles. The Balaban J connectivity index is 2.95. The fraction of sp³-hybridized carbons (Fsp3) is 0.143. The van der Waals surface area contributed by atoms with Gasteiger partial charge in [-0.3, -0.25) is 0 Å². The lowest BCUT2D eigenvalue weighted by Crippen LogP contribution is -1.81. The minimum Gasteiger partial charge on any atom is -0.241 e. The Morgan fingerprint density at radius 3 is 3.10 bits per heavy atom. The number of nitrogens with zero attached hydrogens (tertiary/aromatic N) is 2. The van der Waals surface area contributed by atoms with Gasteiger partial charge in [0.15, 0.2) is 0 Å². The lowest BCUT2D eigenvalue weighted by atomic mass is 10.3. The number of aromatic nitrogens is 2. The fourth-order valence-electron chi connectivity index (χ4n) is 0.914. The third kappa shape index (κ3) is 0.708. The van der Waals surface area contributed by atoms with Gasteiger partial charge in [-0.15, -0.1) is 11.3 Å². The number of hydrogen-bond acceptors (Lipinski definition) is 3. The van der Waals surface area contributed by atoms with E-state index in [4.69, 9.17) is 0 Å². The summed E-state index contributed by atoms with van der Waals surface area (Å²) in [5, 5.41) is 3.21. The standard InChI is InChI=1S/C7H6N2S/c1-5-6-2-3-10-7(6)9-4-8-5/h2-4H,1H3. The molecule has 0 spiro atoms. The molecule has 0 unspecified atom stereocenters. The highest BCUT2D eigenvalue weighted by atomic mass is 32.1. The van der Waals surface area contributed by atoms with E-state index in [-0.39, 0.29) is 0 Å². The smallest absolute Gasteiger partial charge is 0.126 e. The highest BCUT2D eigenvalue weighted by Crippen LogP contribution is 2.18. The largest absolute Gasteiger partial charge is 0.241 e. The summed E-state index contributed by atoms with van der Waals surface area (Å²) < 4.78 is 0. The molecule has 50 valence electrons. The third-order valence-corrected chi connectivity index (χ3v) is 2.28. The number of fused-ring (bicyclic) bond motifs is 1. The lowest BCUT2D eigenvalue weighted by molar-refractivity contribution is 1.16. The zero-order valence-corrected chi connectivity index (χ0v) is 6.35. The quantitative estimate of drug-likeness (QED) is 0.574. The van der Waals surface area contributed by atoms with Crippen LogP contribution in [0.1, 0.15) is 5.69 Å². The van der Waals surface area contributed by atoms with Crippen LogP contribution in [0.5, 0.6) is 0 Å². The van der Waals surface area contributed by atoms with E-state index < -0.39 is 0 Å². The molecule has 0 aliphatic heterocycles. The molecule has 0 radical (unpaired) electrons. The molecular formula is C7H6N2S. The van der Waals surface area contributed by atoms with Gasteiger partial charge >= 0.3 is 0 Å².